The minimum absolute atomic E-state index is 0.0361. The van der Waals surface area contributed by atoms with Gasteiger partial charge in [0, 0.05) is 69.6 Å². The van der Waals surface area contributed by atoms with Crippen LogP contribution in [-0.2, 0) is 4.79 Å². The number of rotatable bonds is 12. The number of nitrogens with zero attached hydrogens (tertiary/aromatic N) is 11. The Balaban J connectivity index is 0.836. The highest BCUT2D eigenvalue weighted by atomic mass is 32.2. The van der Waals surface area contributed by atoms with Crippen LogP contribution in [0, 0.1) is 39.3 Å². The number of aliphatic imine (C=N–C) groups is 1. The van der Waals surface area contributed by atoms with Gasteiger partial charge in [0.15, 0.2) is 16.7 Å². The number of anilines is 6. The lowest BCUT2D eigenvalue weighted by Gasteiger charge is -2.27. The quantitative estimate of drug-likeness (QED) is 0.0839. The number of aryl methyl sites for hydroxylation is 4. The molecular weight excluding hydrogens is 1140 g/mol. The molecule has 0 spiro atoms. The van der Waals surface area contributed by atoms with Gasteiger partial charge in [-0.3, -0.25) is 19.3 Å². The molecule has 84 heavy (non-hydrogen) atoms. The zero-order valence-corrected chi connectivity index (χ0v) is 48.5. The van der Waals surface area contributed by atoms with Crippen molar-refractivity contribution in [2.45, 2.75) is 34.6 Å². The van der Waals surface area contributed by atoms with Gasteiger partial charge in [-0.25, -0.2) is 28.7 Å². The number of amides is 1. The van der Waals surface area contributed by atoms with E-state index in [-0.39, 0.29) is 39.1 Å². The highest BCUT2D eigenvalue weighted by Crippen LogP contribution is 2.43. The number of thiocarbonyl (C=S) groups is 1. The standard InChI is InChI=1S/C64H43F2N11O3S4/c1-6-75-63(80)62(82-64(75)81)70-61-57-54(72-84-74-57)48(32-68-61)38-16-27-43(28-17-38)77(41-22-11-35(4)12-23-41)44-24-13-36(5)45(29-44)50-49(65)30-46-51(52(50)66)58(78)59(79)55(46)69-60-56-53(71-83-73-56)47(31-67-60)37-14-25-42(26-15-37)76(39-18-7-33(2)8-19-39)40-20-9-34(3)10-21-40/h7-32H,6H2,1-5H3/b69-55-,70-62+. The Hall–Kier alpha value is -9.47. The average molecular weight is 1180 g/mol. The lowest BCUT2D eigenvalue weighted by atomic mass is 9.96. The molecule has 0 atom stereocenters. The van der Waals surface area contributed by atoms with Gasteiger partial charge in [0.2, 0.25) is 5.43 Å². The third kappa shape index (κ3) is 9.51. The summed E-state index contributed by atoms with van der Waals surface area (Å²) >= 11 is 8.42. The summed E-state index contributed by atoms with van der Waals surface area (Å²) in [6, 6.07) is 46.3. The molecule has 1 aliphatic heterocycles. The Morgan fingerprint density at radius 2 is 0.976 bits per heavy atom. The molecule has 0 N–H and O–H groups in total. The predicted molar refractivity (Wildman–Crippen MR) is 337 cm³/mol. The fourth-order valence-corrected chi connectivity index (χ4v) is 12.7. The number of benzene rings is 7. The lowest BCUT2D eigenvalue weighted by molar-refractivity contribution is -0.119. The van der Waals surface area contributed by atoms with Crippen molar-refractivity contribution >= 4 is 141 Å². The van der Waals surface area contributed by atoms with Gasteiger partial charge in [-0.15, -0.1) is 0 Å². The van der Waals surface area contributed by atoms with Crippen LogP contribution in [-0.4, -0.2) is 54.2 Å². The molecule has 0 saturated carbocycles. The molecule has 0 bridgehead atoms. The van der Waals surface area contributed by atoms with Gasteiger partial charge in [0.05, 0.1) is 34.4 Å². The van der Waals surface area contributed by atoms with Gasteiger partial charge in [-0.1, -0.05) is 95.6 Å². The smallest absolute Gasteiger partial charge is 0.285 e. The van der Waals surface area contributed by atoms with Gasteiger partial charge in [0.25, 0.3) is 11.3 Å². The maximum Gasteiger partial charge on any atom is 0.285 e. The topological polar surface area (TPSA) is 163 Å². The Morgan fingerprint density at radius 1 is 0.536 bits per heavy atom. The minimum Gasteiger partial charge on any atom is -0.311 e. The van der Waals surface area contributed by atoms with E-state index in [9.17, 15) is 14.4 Å². The van der Waals surface area contributed by atoms with Crippen molar-refractivity contribution in [1.82, 2.24) is 32.4 Å². The summed E-state index contributed by atoms with van der Waals surface area (Å²) in [6.45, 7) is 10.1. The average Bonchev–Trinajstić information content (AvgIpc) is 3.19. The van der Waals surface area contributed by atoms with E-state index in [0.29, 0.717) is 55.5 Å². The summed E-state index contributed by atoms with van der Waals surface area (Å²) in [5, 5.41) is -1.11. The fourth-order valence-electron chi connectivity index (χ4n) is 10.3. The molecule has 410 valence electrons. The molecule has 4 aromatic heterocycles. The normalized spacial score (nSPS) is 13.4. The minimum atomic E-state index is -1.19. The van der Waals surface area contributed by atoms with Gasteiger partial charge in [0.1, 0.15) is 43.4 Å². The van der Waals surface area contributed by atoms with Gasteiger partial charge < -0.3 is 9.80 Å². The number of aromatic nitrogens is 6. The maximum atomic E-state index is 17.3. The Morgan fingerprint density at radius 3 is 1.45 bits per heavy atom. The second-order valence-corrected chi connectivity index (χ2v) is 22.8. The second kappa shape index (κ2) is 21.7. The SMILES string of the molecule is CCN1C(=O)/C(=N\c2ncc(-c3ccc(N(c4ccc(C)cc4)c4ccc(C)c(-c5c(F)cc6/c(=N/c7ncc(-c8ccc(N(c9ccc(C)cc9)c9ccc(C)cc9)cc8)c8nsnc78)c(=O)c(=O)c6c5F)c4)cc3)c3nsnc23)SC1=S. The van der Waals surface area contributed by atoms with Crippen molar-refractivity contribution in [3.05, 3.63) is 218 Å². The molecule has 1 aliphatic rings. The van der Waals surface area contributed by atoms with Gasteiger partial charge in [-0.2, -0.15) is 17.5 Å². The third-order valence-electron chi connectivity index (χ3n) is 14.7. The van der Waals surface area contributed by atoms with Gasteiger partial charge in [-0.05, 0) is 147 Å². The van der Waals surface area contributed by atoms with E-state index in [2.05, 4.69) is 105 Å². The van der Waals surface area contributed by atoms with Crippen molar-refractivity contribution < 1.29 is 13.6 Å². The molecule has 8 aromatic carbocycles. The van der Waals surface area contributed by atoms with Crippen molar-refractivity contribution in [2.24, 2.45) is 9.98 Å². The van der Waals surface area contributed by atoms with Crippen LogP contribution in [0.3, 0.4) is 0 Å². The molecule has 0 radical (unpaired) electrons. The van der Waals surface area contributed by atoms with E-state index in [4.69, 9.17) is 12.2 Å². The predicted octanol–water partition coefficient (Wildman–Crippen LogP) is 14.8. The highest BCUT2D eigenvalue weighted by Gasteiger charge is 2.33. The molecule has 13 rings (SSSR count). The Bertz CT molecular complexity index is 4810. The largest absolute Gasteiger partial charge is 0.311 e. The summed E-state index contributed by atoms with van der Waals surface area (Å²) < 4.78 is 52.9. The maximum absolute atomic E-state index is 17.3. The molecular formula is C64H43F2N11O3S4. The first-order chi connectivity index (χ1) is 40.7. The van der Waals surface area contributed by atoms with Crippen molar-refractivity contribution in [1.29, 1.82) is 0 Å². The molecule has 0 aliphatic carbocycles. The number of pyridine rings is 2. The molecule has 1 saturated heterocycles. The summed E-state index contributed by atoms with van der Waals surface area (Å²) in [5.74, 6) is -2.26. The second-order valence-electron chi connectivity index (χ2n) is 20.1. The van der Waals surface area contributed by atoms with Crippen LogP contribution in [0.25, 0.3) is 66.2 Å². The number of hydrogen-bond acceptors (Lipinski definition) is 17. The number of fused-ring (bicyclic) bond motifs is 3. The van der Waals surface area contributed by atoms with E-state index in [1.165, 1.54) is 4.90 Å². The third-order valence-corrected chi connectivity index (χ3v) is 17.1. The van der Waals surface area contributed by atoms with Crippen molar-refractivity contribution in [3.63, 3.8) is 0 Å². The van der Waals surface area contributed by atoms with E-state index in [1.54, 1.807) is 31.5 Å². The van der Waals surface area contributed by atoms with Crippen molar-refractivity contribution in [3.8, 4) is 33.4 Å². The monoisotopic (exact) mass is 1180 g/mol. The van der Waals surface area contributed by atoms with E-state index in [0.717, 1.165) is 91.9 Å². The zero-order valence-electron chi connectivity index (χ0n) is 45.3. The van der Waals surface area contributed by atoms with Crippen LogP contribution < -0.4 is 26.0 Å². The molecule has 12 aromatic rings. The molecule has 5 heterocycles. The molecule has 20 heteroatoms. The van der Waals surface area contributed by atoms with Crippen LogP contribution in [0.1, 0.15) is 29.2 Å². The van der Waals surface area contributed by atoms with Gasteiger partial charge >= 0.3 is 0 Å². The van der Waals surface area contributed by atoms with E-state index in [1.807, 2.05) is 97.6 Å². The summed E-state index contributed by atoms with van der Waals surface area (Å²) in [5.41, 5.74) is 10.8. The van der Waals surface area contributed by atoms with Crippen LogP contribution in [0.2, 0.25) is 0 Å². The van der Waals surface area contributed by atoms with E-state index < -0.39 is 38.8 Å². The zero-order chi connectivity index (χ0) is 58.1. The van der Waals surface area contributed by atoms with Crippen LogP contribution in [0.4, 0.5) is 54.5 Å². The highest BCUT2D eigenvalue weighted by molar-refractivity contribution is 8.35. The molecule has 1 fully saturated rings. The first kappa shape index (κ1) is 53.8. The summed E-state index contributed by atoms with van der Waals surface area (Å²) in [7, 11) is 0. The Kier molecular flexibility index (Phi) is 13.9. The first-order valence-corrected chi connectivity index (χ1v) is 29.1. The number of carbonyl (C=O) groups is 1. The van der Waals surface area contributed by atoms with Crippen LogP contribution >= 0.6 is 47.4 Å². The number of halogens is 2. The number of hydrogen-bond donors (Lipinski definition) is 0. The number of carbonyl (C=O) groups excluding carboxylic acids is 1. The first-order valence-electron chi connectivity index (χ1n) is 26.4. The number of thioether (sulfide) groups is 1. The fraction of sp³-hybridized carbons (Fsp3) is 0.0938. The lowest BCUT2D eigenvalue weighted by Crippen LogP contribution is -2.30. The molecule has 1 amide bonds. The van der Waals surface area contributed by atoms with Crippen molar-refractivity contribution in [2.75, 3.05) is 16.3 Å². The molecule has 0 unspecified atom stereocenters. The van der Waals surface area contributed by atoms with E-state index >= 15 is 8.78 Å². The van der Waals surface area contributed by atoms with Crippen LogP contribution in [0.5, 0.6) is 0 Å². The summed E-state index contributed by atoms with van der Waals surface area (Å²) in [6.07, 6.45) is 3.21. The van der Waals surface area contributed by atoms with Crippen LogP contribution in [0.15, 0.2) is 178 Å². The Labute approximate surface area is 496 Å². The summed E-state index contributed by atoms with van der Waals surface area (Å²) in [4.78, 5) is 64.7. The molecule has 14 nitrogen and oxygen atoms in total.